The number of piperidine rings is 1. The predicted molar refractivity (Wildman–Crippen MR) is 365 cm³/mol. The lowest BCUT2D eigenvalue weighted by molar-refractivity contribution is -0.962. The van der Waals surface area contributed by atoms with Crippen molar-refractivity contribution in [1.29, 1.82) is 0 Å². The molecule has 2 saturated heterocycles. The minimum atomic E-state index is -2.41. The Balaban J connectivity index is 0.909. The number of urea groups is 1. The number of H-pyrrole nitrogens is 1. The summed E-state index contributed by atoms with van der Waals surface area (Å²) in [5.41, 5.74) is 3.25. The van der Waals surface area contributed by atoms with Gasteiger partial charge in [-0.2, -0.15) is 0 Å². The normalized spacial score (nSPS) is 28.7. The molecule has 0 unspecified atom stereocenters. The number of carbonyl (C=O) groups is 9. The van der Waals surface area contributed by atoms with Crippen molar-refractivity contribution >= 4 is 75.8 Å². The number of nitrogens with two attached hydrogens (primary N) is 1. The molecule has 3 aromatic carbocycles. The number of carbonyl (C=O) groups excluding carboxylic acids is 9. The van der Waals surface area contributed by atoms with E-state index >= 15 is 9.90 Å². The number of methoxy groups -OCH3 is 3. The van der Waals surface area contributed by atoms with Crippen LogP contribution in [0.4, 0.5) is 16.2 Å². The number of hydrogen-bond donors (Lipinski definition) is 7. The van der Waals surface area contributed by atoms with Crippen LogP contribution in [0.25, 0.3) is 10.9 Å². The van der Waals surface area contributed by atoms with Gasteiger partial charge in [0.2, 0.25) is 23.3 Å². The van der Waals surface area contributed by atoms with Gasteiger partial charge in [0.05, 0.1) is 47.0 Å². The van der Waals surface area contributed by atoms with E-state index in [2.05, 4.69) is 37.2 Å². The van der Waals surface area contributed by atoms with Crippen LogP contribution in [0.1, 0.15) is 133 Å². The lowest BCUT2D eigenvalue weighted by Crippen LogP contribution is -2.81. The molecule has 1 saturated carbocycles. The average molecular weight is 1370 g/mol. The maximum atomic E-state index is 16.1. The number of nitrogens with zero attached hydrogens (tertiary/aromatic N) is 4. The van der Waals surface area contributed by atoms with Crippen LogP contribution in [0.3, 0.4) is 0 Å². The van der Waals surface area contributed by atoms with Gasteiger partial charge < -0.3 is 70.5 Å². The first-order valence-electron chi connectivity index (χ1n) is 34.9. The smallest absolute Gasteiger partial charge is 0.344 e. The number of aromatic nitrogens is 1. The molecule has 1 aliphatic carbocycles. The van der Waals surface area contributed by atoms with Crippen LogP contribution in [0, 0.1) is 17.3 Å². The Hall–Kier alpha value is -8.65. The standard InChI is InChI=1S/C74H96N10O15/c1-10-70(94)39-47-40-73(67(91)97-8,52-37-51-55(38-56(52)96-7)81(6)65-72(51)31-35-82-33-18-30-71(11-2,64(72)82)66(99-45(5)85)74(65,95)68(92)98-9)61-50(49-19-14-15-20-53(49)78-61)29-36-84(42-47,43-70)41-46-23-25-48(26-24-46)77-62(89)54(21-17-32-76-69(75)93)79-63(90)60(44(3)4)80-57(86)22-13-12-16-34-83-58(87)27-28-59(83)88/h14-15,18-20,23-28,30,37-38,44,47,54,60,64-66,78,95H,10-13,16-17,21-22,29,31-36,39-43H2,1-9H3,(H,77,89)(H,79,90)(H,80,86)(H3,75,76,93)/t47-,54+,60+,64+,65-,66-,70+,71-,72-,73+,74+,84-/m1/s1. The molecule has 25 heteroatoms. The van der Waals surface area contributed by atoms with E-state index in [4.69, 9.17) is 24.7 Å². The van der Waals surface area contributed by atoms with E-state index in [1.807, 2.05) is 80.4 Å². The molecule has 3 fully saturated rings. The number of aromatic amines is 1. The number of ether oxygens (including phenoxy) is 4. The third-order valence-electron chi connectivity index (χ3n) is 22.8. The summed E-state index contributed by atoms with van der Waals surface area (Å²) in [7, 11) is 5.99. The molecule has 1 spiro atoms. The Labute approximate surface area is 577 Å². The van der Waals surface area contributed by atoms with Crippen LogP contribution >= 0.6 is 0 Å². The highest BCUT2D eigenvalue weighted by Crippen LogP contribution is 2.68. The van der Waals surface area contributed by atoms with E-state index in [1.54, 1.807) is 33.1 Å². The van der Waals surface area contributed by atoms with Crippen LogP contribution in [0.2, 0.25) is 0 Å². The number of nitrogens with one attached hydrogen (secondary N) is 5. The molecule has 4 aromatic rings. The molecule has 6 aliphatic heterocycles. The number of quaternary nitrogens is 1. The highest BCUT2D eigenvalue weighted by Gasteiger charge is 2.80. The lowest BCUT2D eigenvalue weighted by atomic mass is 9.47. The molecule has 12 atom stereocenters. The highest BCUT2D eigenvalue weighted by molar-refractivity contribution is 6.13. The third kappa shape index (κ3) is 12.7. The summed E-state index contributed by atoms with van der Waals surface area (Å²) in [5, 5.41) is 41.5. The molecular formula is C74H96N10O15. The molecule has 25 nitrogen and oxygen atoms in total. The number of esters is 3. The summed E-state index contributed by atoms with van der Waals surface area (Å²) in [5.74, 6) is -4.81. The van der Waals surface area contributed by atoms with Crippen LogP contribution in [0.5, 0.6) is 5.75 Å². The third-order valence-corrected chi connectivity index (χ3v) is 22.8. The van der Waals surface area contributed by atoms with Gasteiger partial charge in [0.1, 0.15) is 29.8 Å². The number of unbranched alkanes of at least 4 members (excludes halogenated alkanes) is 2. The Bertz CT molecular complexity index is 3870. The van der Waals surface area contributed by atoms with Gasteiger partial charge in [0, 0.05) is 127 Å². The van der Waals surface area contributed by atoms with E-state index in [9.17, 15) is 43.5 Å². The van der Waals surface area contributed by atoms with Gasteiger partial charge in [0.15, 0.2) is 6.10 Å². The zero-order valence-electron chi connectivity index (χ0n) is 58.3. The molecule has 7 amide bonds. The van der Waals surface area contributed by atoms with Crippen molar-refractivity contribution in [3.63, 3.8) is 0 Å². The Kier molecular flexibility index (Phi) is 20.4. The monoisotopic (exact) mass is 1360 g/mol. The first kappa shape index (κ1) is 71.6. The van der Waals surface area contributed by atoms with Crippen LogP contribution in [-0.2, 0) is 76.4 Å². The van der Waals surface area contributed by atoms with Crippen LogP contribution < -0.4 is 41.7 Å². The first-order valence-corrected chi connectivity index (χ1v) is 34.9. The number of imide groups is 1. The summed E-state index contributed by atoms with van der Waals surface area (Å²) in [4.78, 5) is 131. The number of rotatable bonds is 25. The fourth-order valence-corrected chi connectivity index (χ4v) is 18.7. The summed E-state index contributed by atoms with van der Waals surface area (Å²) >= 11 is 0. The van der Waals surface area contributed by atoms with Crippen molar-refractivity contribution in [3.8, 4) is 5.75 Å². The van der Waals surface area contributed by atoms with Gasteiger partial charge in [-0.15, -0.1) is 0 Å². The number of anilines is 2. The summed E-state index contributed by atoms with van der Waals surface area (Å²) < 4.78 is 24.8. The molecular weight excluding hydrogens is 1270 g/mol. The van der Waals surface area contributed by atoms with Crippen LogP contribution in [0.15, 0.2) is 85.0 Å². The summed E-state index contributed by atoms with van der Waals surface area (Å²) in [6, 6.07) is 15.0. The number of benzene rings is 3. The molecule has 1 aromatic heterocycles. The number of fused-ring (bicyclic) bond motifs is 6. The zero-order valence-corrected chi connectivity index (χ0v) is 58.3. The van der Waals surface area contributed by atoms with Gasteiger partial charge in [-0.3, -0.25) is 43.4 Å². The molecule has 0 radical (unpaired) electrons. The first-order chi connectivity index (χ1) is 47.2. The Morgan fingerprint density at radius 2 is 1.60 bits per heavy atom. The topological polar surface area (TPSA) is 333 Å². The summed E-state index contributed by atoms with van der Waals surface area (Å²) in [6.45, 7) is 12.0. The second-order valence-electron chi connectivity index (χ2n) is 28.9. The van der Waals surface area contributed by atoms with Crippen molar-refractivity contribution < 1.29 is 76.8 Å². The Morgan fingerprint density at radius 3 is 2.26 bits per heavy atom. The van der Waals surface area contributed by atoms with Gasteiger partial charge in [0.25, 0.3) is 11.8 Å². The van der Waals surface area contributed by atoms with E-state index in [0.29, 0.717) is 111 Å². The molecule has 99 heavy (non-hydrogen) atoms. The maximum absolute atomic E-state index is 16.1. The van der Waals surface area contributed by atoms with Crippen molar-refractivity contribution in [1.82, 2.24) is 30.7 Å². The number of likely N-dealkylation sites (N-methyl/N-ethyl adjacent to an activating group) is 1. The van der Waals surface area contributed by atoms with Gasteiger partial charge in [-0.25, -0.2) is 9.59 Å². The van der Waals surface area contributed by atoms with Crippen molar-refractivity contribution in [2.45, 2.75) is 171 Å². The fourth-order valence-electron chi connectivity index (χ4n) is 18.7. The van der Waals surface area contributed by atoms with E-state index in [-0.39, 0.29) is 75.4 Å². The molecule has 11 rings (SSSR count). The second kappa shape index (κ2) is 28.2. The SMILES string of the molecule is CC[C@]1([O-])C[C@@H]2C[C@](C(=O)OC)(c3cc4c(cc3OC)N(C)[C@H]3[C@@](O)(C(=O)OC)[C@H](OC(C)=O)[C@]5(CC)C=CCN6CC[C@]43[C@@H]65)c3[nH]c4ccccc4c3CC[N@@+](Cc3ccc(NC(=O)[C@H](CCCNC(N)=O)NC(=O)[C@@H](NC(=O)CCCCCN4C(=O)C=CC4=O)C(C)C)cc3)(C2)C1. The minimum absolute atomic E-state index is 0.0932. The predicted octanol–water partition coefficient (Wildman–Crippen LogP) is 4.57. The van der Waals surface area contributed by atoms with Gasteiger partial charge in [-0.05, 0) is 99.2 Å². The van der Waals surface area contributed by atoms with Crippen molar-refractivity contribution in [2.75, 3.05) is 84.4 Å². The van der Waals surface area contributed by atoms with Gasteiger partial charge >= 0.3 is 23.9 Å². The molecule has 8 N–H and O–H groups in total. The zero-order chi connectivity index (χ0) is 71.1. The molecule has 7 aliphatic rings. The minimum Gasteiger partial charge on any atom is -0.845 e. The average Bonchev–Trinajstić information content (AvgIpc) is 1.50. The second-order valence-corrected chi connectivity index (χ2v) is 28.9. The quantitative estimate of drug-likeness (QED) is 0.0119. The fraction of sp³-hybridized carbons (Fsp3) is 0.554. The van der Waals surface area contributed by atoms with Gasteiger partial charge in [-0.1, -0.05) is 88.6 Å². The lowest BCUT2D eigenvalue weighted by Gasteiger charge is -2.63. The molecule has 2 bridgehead atoms. The van der Waals surface area contributed by atoms with E-state index in [1.165, 1.54) is 33.3 Å². The number of para-hydroxylation sites is 1. The Morgan fingerprint density at radius 1 is 0.869 bits per heavy atom. The molecule has 532 valence electrons. The van der Waals surface area contributed by atoms with Crippen LogP contribution in [-0.4, -0.2) is 194 Å². The number of hydrogen-bond acceptors (Lipinski definition) is 17. The van der Waals surface area contributed by atoms with E-state index in [0.717, 1.165) is 32.5 Å². The van der Waals surface area contributed by atoms with E-state index < -0.39 is 99.4 Å². The number of aliphatic hydroxyl groups is 1. The maximum Gasteiger partial charge on any atom is 0.344 e. The van der Waals surface area contributed by atoms with Crippen molar-refractivity contribution in [2.24, 2.45) is 23.0 Å². The number of primary amides is 1. The highest BCUT2D eigenvalue weighted by atomic mass is 16.6. The number of amides is 7. The largest absolute Gasteiger partial charge is 0.845 e. The summed E-state index contributed by atoms with van der Waals surface area (Å²) in [6.07, 6.45) is 9.09. The molecule has 7 heterocycles. The van der Waals surface area contributed by atoms with Crippen molar-refractivity contribution in [3.05, 3.63) is 113 Å².